The van der Waals surface area contributed by atoms with E-state index in [4.69, 9.17) is 0 Å². The lowest BCUT2D eigenvalue weighted by molar-refractivity contribution is 0.547. The van der Waals surface area contributed by atoms with E-state index in [1.54, 1.807) is 0 Å². The Morgan fingerprint density at radius 2 is 1.74 bits per heavy atom. The summed E-state index contributed by atoms with van der Waals surface area (Å²) in [5.41, 5.74) is 4.15. The predicted octanol–water partition coefficient (Wildman–Crippen LogP) is 6.15. The largest absolute Gasteiger partial charge is 0.0879 e. The van der Waals surface area contributed by atoms with E-state index in [-0.39, 0.29) is 0 Å². The molecule has 0 aliphatic heterocycles. The summed E-state index contributed by atoms with van der Waals surface area (Å²) in [5, 5.41) is 0. The molecule has 1 aliphatic carbocycles. The van der Waals surface area contributed by atoms with Crippen LogP contribution in [-0.4, -0.2) is 0 Å². The highest BCUT2D eigenvalue weighted by molar-refractivity contribution is 5.26. The third kappa shape index (κ3) is 7.66. The van der Waals surface area contributed by atoms with E-state index in [0.29, 0.717) is 0 Å². The molecule has 0 heteroatoms. The number of hydrogen-bond donors (Lipinski definition) is 0. The average Bonchev–Trinajstić information content (AvgIpc) is 2.36. The molecular weight excluding hydrogens is 228 g/mol. The first-order valence-electron chi connectivity index (χ1n) is 7.38. The van der Waals surface area contributed by atoms with Gasteiger partial charge in [0.25, 0.3) is 0 Å². The van der Waals surface area contributed by atoms with Gasteiger partial charge in [0.1, 0.15) is 0 Å². The van der Waals surface area contributed by atoms with Crippen LogP contribution in [0.3, 0.4) is 0 Å². The molecule has 0 spiro atoms. The summed E-state index contributed by atoms with van der Waals surface area (Å²) in [5.74, 6) is 0.735. The smallest absolute Gasteiger partial charge is 0.0163 e. The molecule has 0 aromatic rings. The summed E-state index contributed by atoms with van der Waals surface area (Å²) in [6.45, 7) is 8.73. The van der Waals surface area contributed by atoms with Crippen LogP contribution in [0, 0.1) is 5.92 Å². The maximum absolute atomic E-state index is 2.38. The number of rotatable bonds is 2. The van der Waals surface area contributed by atoms with Gasteiger partial charge >= 0.3 is 0 Å². The van der Waals surface area contributed by atoms with Crippen LogP contribution < -0.4 is 0 Å². The molecule has 0 saturated heterocycles. The first-order valence-corrected chi connectivity index (χ1v) is 7.38. The minimum atomic E-state index is 0.735. The molecule has 0 amide bonds. The Labute approximate surface area is 119 Å². The summed E-state index contributed by atoms with van der Waals surface area (Å²) in [6, 6.07) is 0. The molecule has 0 heterocycles. The standard InChI is InChI=1S/C19H28/c1-16(2)10-14-19-9-7-5-6-8-17(3)11-12-18(4)13-15-19/h5,7-8,10-13,19H,6,9,14-15H2,1-4H3. The summed E-state index contributed by atoms with van der Waals surface area (Å²) in [7, 11) is 0. The normalized spacial score (nSPS) is 20.9. The Morgan fingerprint density at radius 3 is 2.42 bits per heavy atom. The van der Waals surface area contributed by atoms with Crippen molar-refractivity contribution in [3.63, 3.8) is 0 Å². The molecule has 0 N–H and O–H groups in total. The van der Waals surface area contributed by atoms with Crippen molar-refractivity contribution in [3.05, 3.63) is 59.3 Å². The summed E-state index contributed by atoms with van der Waals surface area (Å²) >= 11 is 0. The molecule has 0 radical (unpaired) electrons. The van der Waals surface area contributed by atoms with Gasteiger partial charge in [-0.1, -0.05) is 59.3 Å². The van der Waals surface area contributed by atoms with Gasteiger partial charge in [0.05, 0.1) is 0 Å². The highest BCUT2D eigenvalue weighted by Crippen LogP contribution is 2.19. The van der Waals surface area contributed by atoms with Gasteiger partial charge in [0, 0.05) is 0 Å². The second-order valence-electron chi connectivity index (χ2n) is 5.79. The molecule has 0 fully saturated rings. The molecule has 0 nitrogen and oxygen atoms in total. The van der Waals surface area contributed by atoms with E-state index in [2.05, 4.69) is 70.2 Å². The zero-order valence-corrected chi connectivity index (χ0v) is 12.9. The first-order chi connectivity index (χ1) is 9.08. The quantitative estimate of drug-likeness (QED) is 0.520. The van der Waals surface area contributed by atoms with Crippen LogP contribution in [0.4, 0.5) is 0 Å². The SMILES string of the molecule is CC(C)=CCC1CC=CCC=C(C)C=CC(C)=CC1. The van der Waals surface area contributed by atoms with Crippen LogP contribution in [0.25, 0.3) is 0 Å². The molecule has 0 aromatic carbocycles. The van der Waals surface area contributed by atoms with Crippen molar-refractivity contribution in [2.24, 2.45) is 5.92 Å². The zero-order valence-electron chi connectivity index (χ0n) is 12.9. The van der Waals surface area contributed by atoms with Gasteiger partial charge in [-0.25, -0.2) is 0 Å². The molecule has 1 aliphatic rings. The minimum Gasteiger partial charge on any atom is -0.0879 e. The fourth-order valence-corrected chi connectivity index (χ4v) is 2.08. The van der Waals surface area contributed by atoms with Crippen LogP contribution >= 0.6 is 0 Å². The van der Waals surface area contributed by atoms with E-state index < -0.39 is 0 Å². The molecule has 1 unspecified atom stereocenters. The van der Waals surface area contributed by atoms with Crippen molar-refractivity contribution in [3.8, 4) is 0 Å². The molecule has 0 aromatic heterocycles. The van der Waals surface area contributed by atoms with Crippen molar-refractivity contribution in [1.29, 1.82) is 0 Å². The monoisotopic (exact) mass is 256 g/mol. The Morgan fingerprint density at radius 1 is 1.05 bits per heavy atom. The molecule has 1 atom stereocenters. The summed E-state index contributed by atoms with van der Waals surface area (Å²) in [4.78, 5) is 0. The molecule has 0 bridgehead atoms. The molecule has 104 valence electrons. The van der Waals surface area contributed by atoms with E-state index >= 15 is 0 Å². The van der Waals surface area contributed by atoms with Crippen LogP contribution in [0.15, 0.2) is 59.3 Å². The first kappa shape index (κ1) is 15.8. The van der Waals surface area contributed by atoms with Crippen molar-refractivity contribution < 1.29 is 0 Å². The van der Waals surface area contributed by atoms with Crippen LogP contribution in [0.5, 0.6) is 0 Å². The van der Waals surface area contributed by atoms with Gasteiger partial charge < -0.3 is 0 Å². The third-order valence-corrected chi connectivity index (χ3v) is 3.45. The maximum Gasteiger partial charge on any atom is -0.0163 e. The Balaban J connectivity index is 2.75. The van der Waals surface area contributed by atoms with Gasteiger partial charge in [0.2, 0.25) is 0 Å². The Hall–Kier alpha value is -1.30. The maximum atomic E-state index is 2.38. The van der Waals surface area contributed by atoms with Gasteiger partial charge in [-0.05, 0) is 59.3 Å². The molecular formula is C19H28. The van der Waals surface area contributed by atoms with Crippen LogP contribution in [0.1, 0.15) is 53.4 Å². The van der Waals surface area contributed by atoms with E-state index in [1.165, 1.54) is 36.0 Å². The Bertz CT molecular complexity index is 409. The van der Waals surface area contributed by atoms with E-state index in [9.17, 15) is 0 Å². The fourth-order valence-electron chi connectivity index (χ4n) is 2.08. The van der Waals surface area contributed by atoms with Gasteiger partial charge in [-0.3, -0.25) is 0 Å². The van der Waals surface area contributed by atoms with Gasteiger partial charge in [0.15, 0.2) is 0 Å². The van der Waals surface area contributed by atoms with Gasteiger partial charge in [-0.2, -0.15) is 0 Å². The third-order valence-electron chi connectivity index (χ3n) is 3.45. The van der Waals surface area contributed by atoms with Crippen molar-refractivity contribution in [2.75, 3.05) is 0 Å². The van der Waals surface area contributed by atoms with Crippen LogP contribution in [0.2, 0.25) is 0 Å². The lowest BCUT2D eigenvalue weighted by Crippen LogP contribution is -1.97. The lowest BCUT2D eigenvalue weighted by atomic mass is 9.94. The second-order valence-corrected chi connectivity index (χ2v) is 5.79. The topological polar surface area (TPSA) is 0 Å². The molecule has 19 heavy (non-hydrogen) atoms. The lowest BCUT2D eigenvalue weighted by Gasteiger charge is -2.11. The second kappa shape index (κ2) is 8.74. The average molecular weight is 256 g/mol. The van der Waals surface area contributed by atoms with E-state index in [1.807, 2.05) is 0 Å². The summed E-state index contributed by atoms with van der Waals surface area (Å²) < 4.78 is 0. The highest BCUT2D eigenvalue weighted by atomic mass is 14.1. The number of hydrogen-bond acceptors (Lipinski definition) is 0. The van der Waals surface area contributed by atoms with E-state index in [0.717, 1.165) is 12.3 Å². The minimum absolute atomic E-state index is 0.735. The molecule has 0 saturated carbocycles. The van der Waals surface area contributed by atoms with Crippen molar-refractivity contribution in [2.45, 2.75) is 53.4 Å². The van der Waals surface area contributed by atoms with Crippen molar-refractivity contribution >= 4 is 0 Å². The number of allylic oxidation sites excluding steroid dienone is 10. The Kier molecular flexibility index (Phi) is 7.25. The highest BCUT2D eigenvalue weighted by Gasteiger charge is 2.04. The predicted molar refractivity (Wildman–Crippen MR) is 87.2 cm³/mol. The summed E-state index contributed by atoms with van der Waals surface area (Å²) in [6.07, 6.45) is 20.7. The van der Waals surface area contributed by atoms with Gasteiger partial charge in [-0.15, -0.1) is 0 Å². The fraction of sp³-hybridized carbons (Fsp3) is 0.474. The molecule has 1 rings (SSSR count). The zero-order chi connectivity index (χ0) is 14.1. The van der Waals surface area contributed by atoms with Crippen LogP contribution in [-0.2, 0) is 0 Å². The van der Waals surface area contributed by atoms with Crippen molar-refractivity contribution in [1.82, 2.24) is 0 Å².